The molecule has 9 heavy (non-hydrogen) atoms. The zero-order valence-electron chi connectivity index (χ0n) is 7.19. The van der Waals surface area contributed by atoms with Crippen molar-refractivity contribution in [3.05, 3.63) is 11.6 Å². The average Bonchev–Trinajstić information content (AvgIpc) is 1.88. The molecule has 56 valence electrons. The van der Waals surface area contributed by atoms with Crippen molar-refractivity contribution in [1.82, 2.24) is 0 Å². The SMILES string of the molecule is CC.CSCC=C(C)C. The Kier molecular flexibility index (Phi) is 14.4. The first-order valence-corrected chi connectivity index (χ1v) is 4.79. The van der Waals surface area contributed by atoms with Crippen molar-refractivity contribution < 1.29 is 0 Å². The van der Waals surface area contributed by atoms with E-state index in [2.05, 4.69) is 26.2 Å². The van der Waals surface area contributed by atoms with Crippen LogP contribution in [0.3, 0.4) is 0 Å². The van der Waals surface area contributed by atoms with Crippen LogP contribution in [0, 0.1) is 0 Å². The first kappa shape index (κ1) is 11.8. The highest BCUT2D eigenvalue weighted by molar-refractivity contribution is 7.98. The van der Waals surface area contributed by atoms with Gasteiger partial charge >= 0.3 is 0 Å². The van der Waals surface area contributed by atoms with Gasteiger partial charge in [0.1, 0.15) is 0 Å². The molecule has 1 heteroatoms. The first-order chi connectivity index (χ1) is 4.27. The van der Waals surface area contributed by atoms with Crippen molar-refractivity contribution in [2.24, 2.45) is 0 Å². The van der Waals surface area contributed by atoms with E-state index in [0.717, 1.165) is 5.75 Å². The van der Waals surface area contributed by atoms with E-state index in [0.29, 0.717) is 0 Å². The topological polar surface area (TPSA) is 0 Å². The van der Waals surface area contributed by atoms with Gasteiger partial charge in [-0.25, -0.2) is 0 Å². The number of hydrogen-bond acceptors (Lipinski definition) is 1. The van der Waals surface area contributed by atoms with E-state index < -0.39 is 0 Å². The highest BCUT2D eigenvalue weighted by Gasteiger charge is 1.73. The zero-order valence-corrected chi connectivity index (χ0v) is 8.01. The van der Waals surface area contributed by atoms with E-state index in [9.17, 15) is 0 Å². The van der Waals surface area contributed by atoms with Crippen LogP contribution in [0.1, 0.15) is 27.7 Å². The Morgan fingerprint density at radius 3 is 1.89 bits per heavy atom. The van der Waals surface area contributed by atoms with E-state index in [1.807, 2.05) is 25.6 Å². The number of rotatable bonds is 2. The summed E-state index contributed by atoms with van der Waals surface area (Å²) in [6.07, 6.45) is 4.34. The minimum absolute atomic E-state index is 1.16. The minimum atomic E-state index is 1.16. The van der Waals surface area contributed by atoms with Gasteiger partial charge in [0.15, 0.2) is 0 Å². The largest absolute Gasteiger partial charge is 0.161 e. The zero-order chi connectivity index (χ0) is 7.70. The average molecular weight is 146 g/mol. The molecule has 0 fully saturated rings. The molecule has 0 aromatic rings. The third-order valence-electron chi connectivity index (χ3n) is 0.658. The lowest BCUT2D eigenvalue weighted by atomic mass is 10.3. The Bertz CT molecular complexity index is 61.0. The Morgan fingerprint density at radius 2 is 1.78 bits per heavy atom. The van der Waals surface area contributed by atoms with Crippen molar-refractivity contribution in [2.75, 3.05) is 12.0 Å². The van der Waals surface area contributed by atoms with Gasteiger partial charge in [-0.1, -0.05) is 25.5 Å². The third-order valence-corrected chi connectivity index (χ3v) is 1.16. The maximum atomic E-state index is 2.23. The Labute approximate surface area is 63.7 Å². The lowest BCUT2D eigenvalue weighted by Crippen LogP contribution is -1.68. The third kappa shape index (κ3) is 17.9. The van der Waals surface area contributed by atoms with Crippen LogP contribution in [0.25, 0.3) is 0 Å². The van der Waals surface area contributed by atoms with Crippen molar-refractivity contribution in [3.63, 3.8) is 0 Å². The summed E-state index contributed by atoms with van der Waals surface area (Å²) in [5, 5.41) is 0. The monoisotopic (exact) mass is 146 g/mol. The maximum absolute atomic E-state index is 2.23. The molecule has 0 N–H and O–H groups in total. The molecule has 0 aromatic heterocycles. The van der Waals surface area contributed by atoms with Gasteiger partial charge < -0.3 is 0 Å². The van der Waals surface area contributed by atoms with Gasteiger partial charge in [0, 0.05) is 5.75 Å². The number of hydrogen-bond donors (Lipinski definition) is 0. The lowest BCUT2D eigenvalue weighted by Gasteiger charge is -1.85. The molecule has 0 aliphatic carbocycles. The molecular weight excluding hydrogens is 128 g/mol. The number of allylic oxidation sites excluding steroid dienone is 1. The van der Waals surface area contributed by atoms with E-state index in [1.165, 1.54) is 5.57 Å². The summed E-state index contributed by atoms with van der Waals surface area (Å²) in [6.45, 7) is 8.24. The van der Waals surface area contributed by atoms with Crippen LogP contribution < -0.4 is 0 Å². The second-order valence-corrected chi connectivity index (χ2v) is 2.65. The van der Waals surface area contributed by atoms with Crippen molar-refractivity contribution in [1.29, 1.82) is 0 Å². The normalized spacial score (nSPS) is 7.22. The van der Waals surface area contributed by atoms with Gasteiger partial charge in [-0.2, -0.15) is 11.8 Å². The molecule has 0 spiro atoms. The van der Waals surface area contributed by atoms with Crippen LogP contribution in [-0.2, 0) is 0 Å². The van der Waals surface area contributed by atoms with Crippen molar-refractivity contribution >= 4 is 11.8 Å². The highest BCUT2D eigenvalue weighted by Crippen LogP contribution is 1.95. The van der Waals surface area contributed by atoms with Crippen LogP contribution in [0.4, 0.5) is 0 Å². The van der Waals surface area contributed by atoms with E-state index in [1.54, 1.807) is 0 Å². The van der Waals surface area contributed by atoms with Crippen LogP contribution in [0.5, 0.6) is 0 Å². The van der Waals surface area contributed by atoms with Crippen LogP contribution in [0.2, 0.25) is 0 Å². The van der Waals surface area contributed by atoms with E-state index >= 15 is 0 Å². The predicted octanol–water partition coefficient (Wildman–Crippen LogP) is 3.34. The molecule has 0 nitrogen and oxygen atoms in total. The Balaban J connectivity index is 0. The summed E-state index contributed by atoms with van der Waals surface area (Å²) in [5.74, 6) is 1.16. The fourth-order valence-electron chi connectivity index (χ4n) is 0.250. The van der Waals surface area contributed by atoms with Gasteiger partial charge in [0.05, 0.1) is 0 Å². The van der Waals surface area contributed by atoms with Crippen LogP contribution >= 0.6 is 11.8 Å². The molecular formula is C8H18S. The Morgan fingerprint density at radius 1 is 1.33 bits per heavy atom. The van der Waals surface area contributed by atoms with Gasteiger partial charge in [-0.15, -0.1) is 0 Å². The number of thioether (sulfide) groups is 1. The fourth-order valence-corrected chi connectivity index (χ4v) is 0.750. The molecule has 0 aromatic carbocycles. The lowest BCUT2D eigenvalue weighted by molar-refractivity contribution is 1.37. The maximum Gasteiger partial charge on any atom is 0.0112 e. The standard InChI is InChI=1S/C6H12S.C2H6/c1-6(2)4-5-7-3;1-2/h4H,5H2,1-3H3;1-2H3. The van der Waals surface area contributed by atoms with E-state index in [-0.39, 0.29) is 0 Å². The molecule has 0 unspecified atom stereocenters. The molecule has 0 rings (SSSR count). The summed E-state index contributed by atoms with van der Waals surface area (Å²) in [6, 6.07) is 0. The summed E-state index contributed by atoms with van der Waals surface area (Å²) in [4.78, 5) is 0. The van der Waals surface area contributed by atoms with Gasteiger partial charge in [-0.05, 0) is 20.1 Å². The molecule has 0 aliphatic rings. The van der Waals surface area contributed by atoms with Crippen molar-refractivity contribution in [3.8, 4) is 0 Å². The first-order valence-electron chi connectivity index (χ1n) is 3.39. The second-order valence-electron chi connectivity index (χ2n) is 1.74. The minimum Gasteiger partial charge on any atom is -0.161 e. The predicted molar refractivity (Wildman–Crippen MR) is 49.2 cm³/mol. The van der Waals surface area contributed by atoms with Gasteiger partial charge in [0.2, 0.25) is 0 Å². The molecule has 0 heterocycles. The smallest absolute Gasteiger partial charge is 0.0112 e. The van der Waals surface area contributed by atoms with E-state index in [4.69, 9.17) is 0 Å². The fraction of sp³-hybridized carbons (Fsp3) is 0.750. The van der Waals surface area contributed by atoms with Crippen LogP contribution in [0.15, 0.2) is 11.6 Å². The summed E-state index contributed by atoms with van der Waals surface area (Å²) < 4.78 is 0. The summed E-state index contributed by atoms with van der Waals surface area (Å²) >= 11 is 1.85. The second kappa shape index (κ2) is 11.0. The summed E-state index contributed by atoms with van der Waals surface area (Å²) in [7, 11) is 0. The molecule has 0 amide bonds. The van der Waals surface area contributed by atoms with Crippen LogP contribution in [-0.4, -0.2) is 12.0 Å². The quantitative estimate of drug-likeness (QED) is 0.538. The van der Waals surface area contributed by atoms with Gasteiger partial charge in [0.25, 0.3) is 0 Å². The summed E-state index contributed by atoms with van der Waals surface area (Å²) in [5.41, 5.74) is 1.41. The highest BCUT2D eigenvalue weighted by atomic mass is 32.2. The van der Waals surface area contributed by atoms with Gasteiger partial charge in [-0.3, -0.25) is 0 Å². The molecule has 0 radical (unpaired) electrons. The van der Waals surface area contributed by atoms with Crippen molar-refractivity contribution in [2.45, 2.75) is 27.7 Å². The molecule has 0 saturated heterocycles. The molecule has 0 saturated carbocycles. The Hall–Kier alpha value is 0.0900. The molecule has 0 aliphatic heterocycles. The molecule has 0 atom stereocenters. The molecule has 0 bridgehead atoms.